The quantitative estimate of drug-likeness (QED) is 0.482. The maximum atomic E-state index is 8.09. The molecule has 0 unspecified atom stereocenters. The maximum Gasteiger partial charge on any atom is 0.0431 e. The van der Waals surface area contributed by atoms with Gasteiger partial charge in [-0.1, -0.05) is 6.58 Å². The third-order valence-electron chi connectivity index (χ3n) is 0.920. The summed E-state index contributed by atoms with van der Waals surface area (Å²) < 4.78 is 0. The van der Waals surface area contributed by atoms with Gasteiger partial charge in [-0.3, -0.25) is 0 Å². The lowest BCUT2D eigenvalue weighted by Gasteiger charge is -1.85. The number of unbranched alkanes of at least 4 members (excludes halogenated alkanes) is 1. The molecule has 0 aliphatic rings. The van der Waals surface area contributed by atoms with Gasteiger partial charge in [-0.15, -0.1) is 5.73 Å². The Morgan fingerprint density at radius 1 is 1.18 bits per heavy atom. The Kier molecular flexibility index (Phi) is 14.4. The van der Waals surface area contributed by atoms with E-state index >= 15 is 0 Å². The molecule has 66 valence electrons. The minimum Gasteiger partial charge on any atom is -0.396 e. The third kappa shape index (κ3) is 26.5. The zero-order valence-electron chi connectivity index (χ0n) is 7.43. The molecule has 0 aromatic heterocycles. The molecule has 0 spiro atoms. The predicted octanol–water partition coefficient (Wildman–Crippen LogP) is 1.49. The average Bonchev–Trinajstić information content (AvgIpc) is 2.02. The Morgan fingerprint density at radius 2 is 1.45 bits per heavy atom. The summed E-state index contributed by atoms with van der Waals surface area (Å²) in [7, 11) is 0. The van der Waals surface area contributed by atoms with Crippen molar-refractivity contribution in [2.75, 3.05) is 13.2 Å². The van der Waals surface area contributed by atoms with Crippen LogP contribution in [0.1, 0.15) is 26.7 Å². The number of hydrogen-bond acceptors (Lipinski definition) is 2. The minimum atomic E-state index is 0.195. The SMILES string of the molecule is C=C=C(C)C.OCCCCO. The second kappa shape index (κ2) is 12.1. The van der Waals surface area contributed by atoms with Crippen LogP contribution in [0.5, 0.6) is 0 Å². The van der Waals surface area contributed by atoms with E-state index in [2.05, 4.69) is 12.3 Å². The van der Waals surface area contributed by atoms with Gasteiger partial charge in [0.1, 0.15) is 0 Å². The molecule has 0 rings (SSSR count). The molecule has 0 radical (unpaired) electrons. The van der Waals surface area contributed by atoms with Gasteiger partial charge in [-0.25, -0.2) is 0 Å². The fourth-order valence-corrected chi connectivity index (χ4v) is 0.224. The fourth-order valence-electron chi connectivity index (χ4n) is 0.224. The number of hydrogen-bond donors (Lipinski definition) is 2. The van der Waals surface area contributed by atoms with Crippen molar-refractivity contribution in [1.82, 2.24) is 0 Å². The Hall–Kier alpha value is -0.560. The van der Waals surface area contributed by atoms with Crippen LogP contribution in [-0.2, 0) is 0 Å². The molecule has 2 nitrogen and oxygen atoms in total. The maximum absolute atomic E-state index is 8.09. The summed E-state index contributed by atoms with van der Waals surface area (Å²) in [6, 6.07) is 0. The molecule has 11 heavy (non-hydrogen) atoms. The van der Waals surface area contributed by atoms with Crippen molar-refractivity contribution in [2.45, 2.75) is 26.7 Å². The van der Waals surface area contributed by atoms with Crippen molar-refractivity contribution in [3.05, 3.63) is 17.9 Å². The first kappa shape index (κ1) is 13.1. The summed E-state index contributed by atoms with van der Waals surface area (Å²) in [4.78, 5) is 0. The topological polar surface area (TPSA) is 40.5 Å². The second-order valence-electron chi connectivity index (χ2n) is 2.33. The average molecular weight is 158 g/mol. The van der Waals surface area contributed by atoms with Gasteiger partial charge < -0.3 is 10.2 Å². The summed E-state index contributed by atoms with van der Waals surface area (Å²) in [5, 5.41) is 16.2. The zero-order valence-corrected chi connectivity index (χ0v) is 7.43. The first-order valence-electron chi connectivity index (χ1n) is 3.74. The lowest BCUT2D eigenvalue weighted by atomic mass is 10.3. The number of aliphatic hydroxyl groups is 2. The van der Waals surface area contributed by atoms with Crippen LogP contribution in [0.2, 0.25) is 0 Å². The highest BCUT2D eigenvalue weighted by Gasteiger charge is 1.77. The van der Waals surface area contributed by atoms with Gasteiger partial charge in [-0.2, -0.15) is 0 Å². The summed E-state index contributed by atoms with van der Waals surface area (Å²) in [6.45, 7) is 7.72. The molecule has 0 heterocycles. The van der Waals surface area contributed by atoms with Crippen LogP contribution in [-0.4, -0.2) is 23.4 Å². The second-order valence-corrected chi connectivity index (χ2v) is 2.33. The lowest BCUT2D eigenvalue weighted by Crippen LogP contribution is -1.85. The molecule has 0 aromatic rings. The van der Waals surface area contributed by atoms with Gasteiger partial charge in [0, 0.05) is 13.2 Å². The molecule has 2 heteroatoms. The Morgan fingerprint density at radius 3 is 1.55 bits per heavy atom. The van der Waals surface area contributed by atoms with E-state index in [9.17, 15) is 0 Å². The summed E-state index contributed by atoms with van der Waals surface area (Å²) in [5.74, 6) is 0. The Balaban J connectivity index is 0. The van der Waals surface area contributed by atoms with E-state index in [-0.39, 0.29) is 13.2 Å². The van der Waals surface area contributed by atoms with Crippen LogP contribution in [0, 0.1) is 0 Å². The van der Waals surface area contributed by atoms with E-state index in [1.54, 1.807) is 0 Å². The lowest BCUT2D eigenvalue weighted by molar-refractivity contribution is 0.242. The van der Waals surface area contributed by atoms with Gasteiger partial charge in [0.05, 0.1) is 0 Å². The molecule has 0 fully saturated rings. The van der Waals surface area contributed by atoms with Crippen molar-refractivity contribution < 1.29 is 10.2 Å². The highest BCUT2D eigenvalue weighted by molar-refractivity contribution is 4.87. The van der Waals surface area contributed by atoms with Gasteiger partial charge in [0.15, 0.2) is 0 Å². The molecule has 0 aromatic carbocycles. The van der Waals surface area contributed by atoms with E-state index in [4.69, 9.17) is 10.2 Å². The van der Waals surface area contributed by atoms with E-state index < -0.39 is 0 Å². The molecule has 0 aliphatic heterocycles. The van der Waals surface area contributed by atoms with Crippen molar-refractivity contribution in [1.29, 1.82) is 0 Å². The molecule has 0 aliphatic carbocycles. The van der Waals surface area contributed by atoms with Crippen LogP contribution < -0.4 is 0 Å². The number of rotatable bonds is 3. The summed E-state index contributed by atoms with van der Waals surface area (Å²) in [5.41, 5.74) is 3.84. The van der Waals surface area contributed by atoms with Crippen molar-refractivity contribution >= 4 is 0 Å². The minimum absolute atomic E-state index is 0.195. The normalized spacial score (nSPS) is 7.64. The van der Waals surface area contributed by atoms with Gasteiger partial charge in [-0.05, 0) is 32.3 Å². The van der Waals surface area contributed by atoms with E-state index in [1.807, 2.05) is 13.8 Å². The van der Waals surface area contributed by atoms with Crippen molar-refractivity contribution in [3.63, 3.8) is 0 Å². The Bertz CT molecular complexity index is 105. The van der Waals surface area contributed by atoms with Crippen LogP contribution in [0.25, 0.3) is 0 Å². The van der Waals surface area contributed by atoms with Crippen LogP contribution in [0.4, 0.5) is 0 Å². The summed E-state index contributed by atoms with van der Waals surface area (Å²) >= 11 is 0. The molecule has 0 saturated carbocycles. The number of allylic oxidation sites excluding steroid dienone is 1. The zero-order chi connectivity index (χ0) is 9.11. The molecule has 0 atom stereocenters. The predicted molar refractivity (Wildman–Crippen MR) is 47.4 cm³/mol. The standard InChI is InChI=1S/C5H8.C4H10O2/c1-4-5(2)3;5-3-1-2-4-6/h1H2,2-3H3;5-6H,1-4H2. The highest BCUT2D eigenvalue weighted by atomic mass is 16.3. The molecule has 2 N–H and O–H groups in total. The summed E-state index contributed by atoms with van der Waals surface area (Å²) in [6.07, 6.45) is 1.44. The molecular formula is C9H18O2. The third-order valence-corrected chi connectivity index (χ3v) is 0.920. The fraction of sp³-hybridized carbons (Fsp3) is 0.667. The molecule has 0 saturated heterocycles. The van der Waals surface area contributed by atoms with Crippen LogP contribution in [0.15, 0.2) is 17.9 Å². The largest absolute Gasteiger partial charge is 0.396 e. The van der Waals surface area contributed by atoms with Crippen molar-refractivity contribution in [2.24, 2.45) is 0 Å². The van der Waals surface area contributed by atoms with Crippen LogP contribution >= 0.6 is 0 Å². The molecule has 0 amide bonds. The number of aliphatic hydroxyl groups excluding tert-OH is 2. The monoisotopic (exact) mass is 158 g/mol. The first-order valence-corrected chi connectivity index (χ1v) is 3.74. The molecule has 0 bridgehead atoms. The van der Waals surface area contributed by atoms with Gasteiger partial charge in [0.25, 0.3) is 0 Å². The highest BCUT2D eigenvalue weighted by Crippen LogP contribution is 1.80. The van der Waals surface area contributed by atoms with Gasteiger partial charge >= 0.3 is 0 Å². The van der Waals surface area contributed by atoms with Gasteiger partial charge in [0.2, 0.25) is 0 Å². The van der Waals surface area contributed by atoms with E-state index in [0.717, 1.165) is 18.4 Å². The van der Waals surface area contributed by atoms with E-state index in [1.165, 1.54) is 0 Å². The van der Waals surface area contributed by atoms with E-state index in [0.29, 0.717) is 0 Å². The smallest absolute Gasteiger partial charge is 0.0431 e. The Labute approximate surface area is 68.9 Å². The van der Waals surface area contributed by atoms with Crippen molar-refractivity contribution in [3.8, 4) is 0 Å². The van der Waals surface area contributed by atoms with Crippen LogP contribution in [0.3, 0.4) is 0 Å². The molecular weight excluding hydrogens is 140 g/mol. The first-order chi connectivity index (χ1) is 5.18.